The van der Waals surface area contributed by atoms with Crippen LogP contribution >= 0.6 is 17.0 Å². The van der Waals surface area contributed by atoms with Crippen molar-refractivity contribution in [3.05, 3.63) is 29.8 Å². The molecule has 0 bridgehead atoms. The molecule has 11 heavy (non-hydrogen) atoms. The van der Waals surface area contributed by atoms with Gasteiger partial charge in [0, 0.05) is 5.69 Å². The molecule has 0 aliphatic rings. The van der Waals surface area contributed by atoms with Crippen LogP contribution in [0.25, 0.3) is 0 Å². The molecule has 0 unspecified atom stereocenters. The van der Waals surface area contributed by atoms with Gasteiger partial charge < -0.3 is 10.8 Å². The lowest BCUT2D eigenvalue weighted by atomic mass is 10.2. The summed E-state index contributed by atoms with van der Waals surface area (Å²) in [5, 5.41) is 8.49. The van der Waals surface area contributed by atoms with Gasteiger partial charge in [-0.15, -0.1) is 17.0 Å². The predicted molar refractivity (Wildman–Crippen MR) is 48.1 cm³/mol. The molecule has 0 fully saturated rings. The van der Waals surface area contributed by atoms with Gasteiger partial charge in [-0.2, -0.15) is 0 Å². The van der Waals surface area contributed by atoms with Crippen LogP contribution in [0, 0.1) is 0 Å². The van der Waals surface area contributed by atoms with Crippen molar-refractivity contribution >= 4 is 28.6 Å². The van der Waals surface area contributed by atoms with Gasteiger partial charge in [-0.1, -0.05) is 12.1 Å². The number of nitrogen functional groups attached to an aromatic ring is 1. The Hall–Kier alpha value is -1.03. The van der Waals surface area contributed by atoms with E-state index < -0.39 is 5.97 Å². The minimum absolute atomic E-state index is 0. The Labute approximate surface area is 74.6 Å². The van der Waals surface area contributed by atoms with Crippen LogP contribution in [-0.4, -0.2) is 11.1 Å². The van der Waals surface area contributed by atoms with E-state index in [0.29, 0.717) is 5.69 Å². The largest absolute Gasteiger partial charge is 0.478 e. The number of carboxylic acids is 1. The predicted octanol–water partition coefficient (Wildman–Crippen LogP) is 1.54. The highest BCUT2D eigenvalue weighted by Gasteiger charge is 2.03. The maximum atomic E-state index is 10.3. The van der Waals surface area contributed by atoms with Gasteiger partial charge in [0.2, 0.25) is 0 Å². The lowest BCUT2D eigenvalue weighted by molar-refractivity contribution is 0.0698. The number of benzene rings is 1. The van der Waals surface area contributed by atoms with E-state index in [4.69, 9.17) is 10.8 Å². The second-order valence-corrected chi connectivity index (χ2v) is 1.89. The number of anilines is 1. The molecule has 0 heterocycles. The van der Waals surface area contributed by atoms with Crippen LogP contribution in [-0.2, 0) is 0 Å². The molecule has 0 aliphatic heterocycles. The van der Waals surface area contributed by atoms with Crippen LogP contribution in [0.1, 0.15) is 10.4 Å². The van der Waals surface area contributed by atoms with Gasteiger partial charge in [-0.05, 0) is 12.1 Å². The molecule has 0 radical (unpaired) electrons. The Kier molecular flexibility index (Phi) is 3.60. The maximum absolute atomic E-state index is 10.3. The molecule has 0 amide bonds. The molecule has 0 atom stereocenters. The molecule has 0 saturated heterocycles. The number of nitrogens with two attached hydrogens (primary N) is 1. The zero-order valence-electron chi connectivity index (χ0n) is 5.65. The summed E-state index contributed by atoms with van der Waals surface area (Å²) in [6.45, 7) is 0. The second-order valence-electron chi connectivity index (χ2n) is 1.89. The van der Waals surface area contributed by atoms with E-state index in [2.05, 4.69) is 0 Å². The summed E-state index contributed by atoms with van der Waals surface area (Å²) >= 11 is 0. The molecule has 60 valence electrons. The number of halogens is 1. The van der Waals surface area contributed by atoms with Gasteiger partial charge in [0.15, 0.2) is 0 Å². The van der Waals surface area contributed by atoms with Crippen molar-refractivity contribution in [2.24, 2.45) is 0 Å². The Morgan fingerprint density at radius 2 is 1.91 bits per heavy atom. The third kappa shape index (κ3) is 2.23. The highest BCUT2D eigenvalue weighted by Crippen LogP contribution is 2.08. The van der Waals surface area contributed by atoms with E-state index in [0.717, 1.165) is 0 Å². The fourth-order valence-corrected chi connectivity index (χ4v) is 0.692. The summed E-state index contributed by atoms with van der Waals surface area (Å²) in [7, 11) is 0. The van der Waals surface area contributed by atoms with Crippen LogP contribution in [0.2, 0.25) is 0 Å². The third-order valence-electron chi connectivity index (χ3n) is 1.19. The van der Waals surface area contributed by atoms with E-state index in [9.17, 15) is 4.79 Å². The zero-order valence-corrected chi connectivity index (χ0v) is 7.36. The van der Waals surface area contributed by atoms with Crippen LogP contribution in [0.15, 0.2) is 24.3 Å². The Morgan fingerprint density at radius 3 is 2.27 bits per heavy atom. The SMILES string of the molecule is Br.Nc1ccccc1C(=O)O. The average Bonchev–Trinajstić information content (AvgIpc) is 1.88. The summed E-state index contributed by atoms with van der Waals surface area (Å²) in [5.41, 5.74) is 5.80. The molecule has 0 aliphatic carbocycles. The van der Waals surface area contributed by atoms with Crippen LogP contribution < -0.4 is 5.73 Å². The fourth-order valence-electron chi connectivity index (χ4n) is 0.692. The Morgan fingerprint density at radius 1 is 1.36 bits per heavy atom. The lowest BCUT2D eigenvalue weighted by Crippen LogP contribution is -2.00. The van der Waals surface area contributed by atoms with E-state index in [-0.39, 0.29) is 22.5 Å². The Balaban J connectivity index is 0.000001000. The minimum Gasteiger partial charge on any atom is -0.478 e. The summed E-state index contributed by atoms with van der Waals surface area (Å²) in [6.07, 6.45) is 0. The van der Waals surface area contributed by atoms with E-state index in [1.807, 2.05) is 0 Å². The van der Waals surface area contributed by atoms with Crippen molar-refractivity contribution in [1.29, 1.82) is 0 Å². The first-order valence-corrected chi connectivity index (χ1v) is 2.79. The molecule has 3 N–H and O–H groups in total. The average molecular weight is 218 g/mol. The lowest BCUT2D eigenvalue weighted by Gasteiger charge is -1.96. The minimum atomic E-state index is -0.988. The van der Waals surface area contributed by atoms with E-state index >= 15 is 0 Å². The highest BCUT2D eigenvalue weighted by molar-refractivity contribution is 8.93. The molecule has 0 spiro atoms. The number of hydrogen-bond donors (Lipinski definition) is 2. The first-order chi connectivity index (χ1) is 4.72. The van der Waals surface area contributed by atoms with Crippen molar-refractivity contribution in [3.63, 3.8) is 0 Å². The number of carboxylic acid groups (broad SMARTS) is 1. The molecule has 1 aromatic carbocycles. The smallest absolute Gasteiger partial charge is 0.337 e. The van der Waals surface area contributed by atoms with Gasteiger partial charge in [0.25, 0.3) is 0 Å². The second kappa shape index (κ2) is 3.98. The van der Waals surface area contributed by atoms with Crippen molar-refractivity contribution in [3.8, 4) is 0 Å². The summed E-state index contributed by atoms with van der Waals surface area (Å²) in [5.74, 6) is -0.988. The van der Waals surface area contributed by atoms with Crippen LogP contribution in [0.5, 0.6) is 0 Å². The summed E-state index contributed by atoms with van der Waals surface area (Å²) in [6, 6.07) is 6.36. The van der Waals surface area contributed by atoms with Crippen molar-refractivity contribution < 1.29 is 9.90 Å². The number of aromatic carboxylic acids is 1. The van der Waals surface area contributed by atoms with E-state index in [1.54, 1.807) is 18.2 Å². The van der Waals surface area contributed by atoms with Crippen LogP contribution in [0.4, 0.5) is 5.69 Å². The molecular weight excluding hydrogens is 210 g/mol. The van der Waals surface area contributed by atoms with E-state index in [1.165, 1.54) is 6.07 Å². The van der Waals surface area contributed by atoms with Crippen molar-refractivity contribution in [1.82, 2.24) is 0 Å². The summed E-state index contributed by atoms with van der Waals surface area (Å²) < 4.78 is 0. The molecule has 1 rings (SSSR count). The standard InChI is InChI=1S/C7H7NO2.BrH/c8-6-4-2-1-3-5(6)7(9)10;/h1-4H,8H2,(H,9,10);1H. The summed E-state index contributed by atoms with van der Waals surface area (Å²) in [4.78, 5) is 10.3. The topological polar surface area (TPSA) is 63.3 Å². The first kappa shape index (κ1) is 9.97. The Bertz CT molecular complexity index is 262. The molecule has 0 saturated carbocycles. The molecule has 0 aromatic heterocycles. The van der Waals surface area contributed by atoms with Gasteiger partial charge in [-0.25, -0.2) is 4.79 Å². The maximum Gasteiger partial charge on any atom is 0.337 e. The molecular formula is C7H8BrNO2. The molecule has 1 aromatic rings. The third-order valence-corrected chi connectivity index (χ3v) is 1.19. The quantitative estimate of drug-likeness (QED) is 0.702. The van der Waals surface area contributed by atoms with Gasteiger partial charge in [0.1, 0.15) is 0 Å². The monoisotopic (exact) mass is 217 g/mol. The van der Waals surface area contributed by atoms with Gasteiger partial charge in [-0.3, -0.25) is 0 Å². The number of para-hydroxylation sites is 1. The first-order valence-electron chi connectivity index (χ1n) is 2.79. The number of hydrogen-bond acceptors (Lipinski definition) is 2. The van der Waals surface area contributed by atoms with Gasteiger partial charge in [0.05, 0.1) is 5.56 Å². The van der Waals surface area contributed by atoms with Gasteiger partial charge >= 0.3 is 5.97 Å². The number of rotatable bonds is 1. The highest BCUT2D eigenvalue weighted by atomic mass is 79.9. The fraction of sp³-hybridized carbons (Fsp3) is 0. The normalized spacial score (nSPS) is 8.36. The van der Waals surface area contributed by atoms with Crippen molar-refractivity contribution in [2.45, 2.75) is 0 Å². The van der Waals surface area contributed by atoms with Crippen molar-refractivity contribution in [2.75, 3.05) is 5.73 Å². The number of carbonyl (C=O) groups is 1. The molecule has 3 nitrogen and oxygen atoms in total. The molecule has 4 heteroatoms. The zero-order chi connectivity index (χ0) is 7.56. The van der Waals surface area contributed by atoms with Crippen LogP contribution in [0.3, 0.4) is 0 Å².